The van der Waals surface area contributed by atoms with Gasteiger partial charge in [-0.3, -0.25) is 0 Å². The minimum atomic E-state index is -3.98. The number of carboxylic acids is 1. The maximum atomic E-state index is 13.1. The van der Waals surface area contributed by atoms with Crippen LogP contribution in [0.2, 0.25) is 0 Å². The molecule has 0 bridgehead atoms. The number of carbonyl (C=O) groups is 1. The quantitative estimate of drug-likeness (QED) is 0.802. The number of aromatic carboxylic acids is 1. The number of sulfone groups is 1. The molecule has 2 rings (SSSR count). The van der Waals surface area contributed by atoms with Crippen LogP contribution in [0.15, 0.2) is 23.1 Å². The average Bonchev–Trinajstić information content (AvgIpc) is 2.84. The van der Waals surface area contributed by atoms with Crippen LogP contribution < -0.4 is 0 Å². The van der Waals surface area contributed by atoms with Crippen molar-refractivity contribution in [2.75, 3.05) is 18.1 Å². The number of nitrogens with zero attached hydrogens (tertiary/aromatic N) is 1. The van der Waals surface area contributed by atoms with Crippen molar-refractivity contribution in [1.29, 1.82) is 0 Å². The molecule has 0 amide bonds. The van der Waals surface area contributed by atoms with E-state index in [9.17, 15) is 21.6 Å². The van der Waals surface area contributed by atoms with Crippen molar-refractivity contribution in [2.45, 2.75) is 37.6 Å². The van der Waals surface area contributed by atoms with Gasteiger partial charge in [0.05, 0.1) is 22.0 Å². The molecule has 0 unspecified atom stereocenters. The van der Waals surface area contributed by atoms with Crippen molar-refractivity contribution in [1.82, 2.24) is 4.31 Å². The zero-order chi connectivity index (χ0) is 18.1. The van der Waals surface area contributed by atoms with E-state index in [2.05, 4.69) is 0 Å². The van der Waals surface area contributed by atoms with Gasteiger partial charge in [-0.1, -0.05) is 13.0 Å². The Hall–Kier alpha value is -1.45. The number of aryl methyl sites for hydroxylation is 1. The highest BCUT2D eigenvalue weighted by atomic mass is 32.2. The normalized spacial score (nSPS) is 20.4. The summed E-state index contributed by atoms with van der Waals surface area (Å²) < 4.78 is 50.8. The molecule has 24 heavy (non-hydrogen) atoms. The second kappa shape index (κ2) is 6.81. The van der Waals surface area contributed by atoms with E-state index >= 15 is 0 Å². The fourth-order valence-corrected chi connectivity index (χ4v) is 6.68. The Morgan fingerprint density at radius 3 is 2.54 bits per heavy atom. The lowest BCUT2D eigenvalue weighted by Gasteiger charge is -2.27. The van der Waals surface area contributed by atoms with Gasteiger partial charge in [0.25, 0.3) is 0 Å². The van der Waals surface area contributed by atoms with Crippen molar-refractivity contribution in [3.8, 4) is 0 Å². The van der Waals surface area contributed by atoms with Gasteiger partial charge in [0.2, 0.25) is 10.0 Å². The highest BCUT2D eigenvalue weighted by Gasteiger charge is 2.38. The number of hydrogen-bond donors (Lipinski definition) is 1. The second-order valence-corrected chi connectivity index (χ2v) is 10.0. The summed E-state index contributed by atoms with van der Waals surface area (Å²) in [5, 5.41) is 9.10. The molecule has 0 aliphatic carbocycles. The zero-order valence-electron chi connectivity index (χ0n) is 13.6. The van der Waals surface area contributed by atoms with Gasteiger partial charge >= 0.3 is 5.97 Å². The minimum Gasteiger partial charge on any atom is -0.478 e. The Balaban J connectivity index is 2.49. The molecule has 9 heteroatoms. The molecule has 0 aromatic heterocycles. The summed E-state index contributed by atoms with van der Waals surface area (Å²) in [6.45, 7) is 3.60. The van der Waals surface area contributed by atoms with Gasteiger partial charge in [0.1, 0.15) is 0 Å². The predicted molar refractivity (Wildman–Crippen MR) is 89.4 cm³/mol. The number of benzene rings is 1. The summed E-state index contributed by atoms with van der Waals surface area (Å²) in [5.74, 6) is -1.43. The van der Waals surface area contributed by atoms with Crippen LogP contribution >= 0.6 is 0 Å². The highest BCUT2D eigenvalue weighted by Crippen LogP contribution is 2.27. The molecule has 0 radical (unpaired) electrons. The fraction of sp³-hybridized carbons (Fsp3) is 0.533. The van der Waals surface area contributed by atoms with Gasteiger partial charge in [0.15, 0.2) is 9.84 Å². The molecule has 1 atom stereocenters. The topological polar surface area (TPSA) is 109 Å². The molecule has 0 saturated carbocycles. The molecule has 1 N–H and O–H groups in total. The first kappa shape index (κ1) is 18.9. The third kappa shape index (κ3) is 3.79. The molecule has 134 valence electrons. The van der Waals surface area contributed by atoms with E-state index in [1.54, 1.807) is 6.92 Å². The smallest absolute Gasteiger partial charge is 0.335 e. The molecule has 7 nitrogen and oxygen atoms in total. The average molecular weight is 375 g/mol. The Morgan fingerprint density at radius 2 is 2.04 bits per heavy atom. The first-order valence-corrected chi connectivity index (χ1v) is 10.9. The summed E-state index contributed by atoms with van der Waals surface area (Å²) in [6.07, 6.45) is 0.798. The van der Waals surface area contributed by atoms with Crippen LogP contribution in [-0.2, 0) is 19.9 Å². The molecule has 1 fully saturated rings. The fourth-order valence-electron chi connectivity index (χ4n) is 2.86. The third-order valence-corrected chi connectivity index (χ3v) is 7.93. The lowest BCUT2D eigenvalue weighted by atomic mass is 10.1. The maximum absolute atomic E-state index is 13.1. The second-order valence-electron chi connectivity index (χ2n) is 5.96. The van der Waals surface area contributed by atoms with Gasteiger partial charge in [0, 0.05) is 12.6 Å². The van der Waals surface area contributed by atoms with E-state index in [1.165, 1.54) is 16.4 Å². The molecule has 1 aliphatic heterocycles. The van der Waals surface area contributed by atoms with Gasteiger partial charge in [-0.25, -0.2) is 21.6 Å². The summed E-state index contributed by atoms with van der Waals surface area (Å²) >= 11 is 0. The van der Waals surface area contributed by atoms with Crippen LogP contribution in [0.4, 0.5) is 0 Å². The van der Waals surface area contributed by atoms with E-state index in [-0.39, 0.29) is 34.9 Å². The number of sulfonamides is 1. The molecule has 1 aliphatic rings. The Labute approximate surface area is 142 Å². The van der Waals surface area contributed by atoms with Crippen LogP contribution in [0.3, 0.4) is 0 Å². The Morgan fingerprint density at radius 1 is 1.38 bits per heavy atom. The number of hydrogen-bond acceptors (Lipinski definition) is 5. The molecule has 1 aromatic carbocycles. The number of rotatable bonds is 6. The molecular formula is C15H21NO6S2. The molecule has 1 aromatic rings. The Bertz CT molecular complexity index is 845. The first-order valence-electron chi connectivity index (χ1n) is 7.64. The van der Waals surface area contributed by atoms with E-state index in [0.29, 0.717) is 12.0 Å². The van der Waals surface area contributed by atoms with E-state index < -0.39 is 31.9 Å². The molecule has 0 spiro atoms. The first-order chi connectivity index (χ1) is 11.1. The van der Waals surface area contributed by atoms with Gasteiger partial charge in [-0.2, -0.15) is 4.31 Å². The van der Waals surface area contributed by atoms with Gasteiger partial charge in [-0.15, -0.1) is 0 Å². The van der Waals surface area contributed by atoms with Crippen LogP contribution in [-0.4, -0.2) is 56.3 Å². The van der Waals surface area contributed by atoms with Crippen LogP contribution in [0.5, 0.6) is 0 Å². The molecule has 1 heterocycles. The van der Waals surface area contributed by atoms with Crippen LogP contribution in [0.1, 0.15) is 35.7 Å². The van der Waals surface area contributed by atoms with Crippen molar-refractivity contribution in [3.05, 3.63) is 29.3 Å². The van der Waals surface area contributed by atoms with Crippen molar-refractivity contribution >= 4 is 25.8 Å². The third-order valence-electron chi connectivity index (χ3n) is 4.08. The van der Waals surface area contributed by atoms with Crippen molar-refractivity contribution in [2.24, 2.45) is 0 Å². The lowest BCUT2D eigenvalue weighted by molar-refractivity contribution is 0.0696. The molecular weight excluding hydrogens is 354 g/mol. The SMILES string of the molecule is CCCN([C@@H]1CCS(=O)(=O)C1)S(=O)(=O)c1cc(C(=O)O)ccc1C. The van der Waals surface area contributed by atoms with Crippen molar-refractivity contribution in [3.63, 3.8) is 0 Å². The summed E-state index contributed by atoms with van der Waals surface area (Å²) in [6, 6.07) is 3.33. The van der Waals surface area contributed by atoms with Crippen molar-refractivity contribution < 1.29 is 26.7 Å². The largest absolute Gasteiger partial charge is 0.478 e. The minimum absolute atomic E-state index is 0.0262. The lowest BCUT2D eigenvalue weighted by Crippen LogP contribution is -2.41. The number of carboxylic acid groups (broad SMARTS) is 1. The van der Waals surface area contributed by atoms with E-state index in [0.717, 1.165) is 6.07 Å². The standard InChI is InChI=1S/C15H21NO6S2/c1-3-7-16(13-6-8-23(19,20)10-13)24(21,22)14-9-12(15(17)18)5-4-11(14)2/h4-5,9,13H,3,6-8,10H2,1-2H3,(H,17,18)/t13-/m1/s1. The zero-order valence-corrected chi connectivity index (χ0v) is 15.2. The summed E-state index contributed by atoms with van der Waals surface area (Å²) in [7, 11) is -7.21. The highest BCUT2D eigenvalue weighted by molar-refractivity contribution is 7.92. The van der Waals surface area contributed by atoms with Crippen LogP contribution in [0.25, 0.3) is 0 Å². The van der Waals surface area contributed by atoms with E-state index in [4.69, 9.17) is 5.11 Å². The van der Waals surface area contributed by atoms with Gasteiger partial charge in [-0.05, 0) is 37.5 Å². The van der Waals surface area contributed by atoms with Crippen LogP contribution in [0, 0.1) is 6.92 Å². The Kier molecular flexibility index (Phi) is 5.36. The van der Waals surface area contributed by atoms with E-state index in [1.807, 2.05) is 6.92 Å². The van der Waals surface area contributed by atoms with Gasteiger partial charge < -0.3 is 5.11 Å². The predicted octanol–water partition coefficient (Wildman–Crippen LogP) is 1.28. The monoisotopic (exact) mass is 375 g/mol. The summed E-state index contributed by atoms with van der Waals surface area (Å²) in [5.41, 5.74) is 0.316. The maximum Gasteiger partial charge on any atom is 0.335 e. The molecule has 1 saturated heterocycles. The summed E-state index contributed by atoms with van der Waals surface area (Å²) in [4.78, 5) is 11.1.